The maximum absolute atomic E-state index is 14.2. The van der Waals surface area contributed by atoms with Crippen molar-refractivity contribution < 1.29 is 13.9 Å². The van der Waals surface area contributed by atoms with Crippen LogP contribution in [0.3, 0.4) is 0 Å². The first kappa shape index (κ1) is 23.1. The van der Waals surface area contributed by atoms with Gasteiger partial charge in [0.25, 0.3) is 0 Å². The molecule has 0 aliphatic carbocycles. The molecule has 8 nitrogen and oxygen atoms in total. The van der Waals surface area contributed by atoms with Gasteiger partial charge in [-0.1, -0.05) is 18.2 Å². The zero-order valence-electron chi connectivity index (χ0n) is 20.3. The highest BCUT2D eigenvalue weighted by Crippen LogP contribution is 2.44. The number of nitrogens with one attached hydrogen (secondary N) is 1. The molecule has 2 atom stereocenters. The van der Waals surface area contributed by atoms with Crippen LogP contribution in [0.5, 0.6) is 5.75 Å². The van der Waals surface area contributed by atoms with Gasteiger partial charge in [-0.3, -0.25) is 4.68 Å². The number of hydrogen-bond acceptors (Lipinski definition) is 5. The lowest BCUT2D eigenvalue weighted by Gasteiger charge is -2.24. The molecule has 2 aliphatic heterocycles. The molecule has 35 heavy (non-hydrogen) atoms. The van der Waals surface area contributed by atoms with E-state index >= 15 is 0 Å². The highest BCUT2D eigenvalue weighted by atomic mass is 19.1. The Morgan fingerprint density at radius 1 is 1.20 bits per heavy atom. The zero-order chi connectivity index (χ0) is 24.7. The standard InChI is InChI=1S/C26H31FN6O2/c1-16(2)30-25(34)32-10-8-26(15-32)9-11-33-23(26)13-21(31-33)18-12-22(24(28)29-14-18)35-17(3)19-6-4-5-7-20(19)27/h4-7,12-14,16-17H,8-11,15H2,1-3H3,(H2,28,29)(H,30,34)/t17-,26-/m1/s1. The number of nitrogens with two attached hydrogens (primary N) is 1. The molecular weight excluding hydrogens is 447 g/mol. The summed E-state index contributed by atoms with van der Waals surface area (Å²) in [5.41, 5.74) is 9.15. The van der Waals surface area contributed by atoms with Gasteiger partial charge in [-0.2, -0.15) is 5.10 Å². The Bertz CT molecular complexity index is 1260. The first-order valence-electron chi connectivity index (χ1n) is 12.1. The fourth-order valence-corrected chi connectivity index (χ4v) is 5.15. The maximum atomic E-state index is 14.2. The largest absolute Gasteiger partial charge is 0.482 e. The Morgan fingerprint density at radius 3 is 2.74 bits per heavy atom. The molecule has 3 aromatic rings. The third-order valence-electron chi connectivity index (χ3n) is 7.00. The number of likely N-dealkylation sites (tertiary alicyclic amines) is 1. The Kier molecular flexibility index (Phi) is 5.86. The van der Waals surface area contributed by atoms with E-state index in [0.29, 0.717) is 17.9 Å². The highest BCUT2D eigenvalue weighted by Gasteiger charge is 2.47. The van der Waals surface area contributed by atoms with Gasteiger partial charge in [0.1, 0.15) is 11.9 Å². The van der Waals surface area contributed by atoms with Gasteiger partial charge >= 0.3 is 6.03 Å². The third-order valence-corrected chi connectivity index (χ3v) is 7.00. The van der Waals surface area contributed by atoms with Crippen molar-refractivity contribution >= 4 is 11.8 Å². The van der Waals surface area contributed by atoms with Gasteiger partial charge < -0.3 is 20.7 Å². The summed E-state index contributed by atoms with van der Waals surface area (Å²) in [6, 6.07) is 10.5. The molecule has 3 N–H and O–H groups in total. The zero-order valence-corrected chi connectivity index (χ0v) is 20.3. The number of amides is 2. The maximum Gasteiger partial charge on any atom is 0.317 e. The number of halogens is 1. The molecular formula is C26H31FN6O2. The van der Waals surface area contributed by atoms with Crippen molar-refractivity contribution in [1.82, 2.24) is 25.0 Å². The number of carbonyl (C=O) groups excluding carboxylic acids is 1. The molecule has 1 fully saturated rings. The quantitative estimate of drug-likeness (QED) is 0.571. The Balaban J connectivity index is 1.37. The van der Waals surface area contributed by atoms with Gasteiger partial charge in [0.2, 0.25) is 0 Å². The molecule has 0 unspecified atom stereocenters. The van der Waals surface area contributed by atoms with Gasteiger partial charge in [-0.25, -0.2) is 14.2 Å². The first-order chi connectivity index (χ1) is 16.8. The van der Waals surface area contributed by atoms with Crippen molar-refractivity contribution in [3.63, 3.8) is 0 Å². The number of ether oxygens (including phenoxy) is 1. The van der Waals surface area contributed by atoms with Crippen molar-refractivity contribution in [1.29, 1.82) is 0 Å². The van der Waals surface area contributed by atoms with Crippen molar-refractivity contribution in [2.45, 2.75) is 57.7 Å². The van der Waals surface area contributed by atoms with E-state index in [2.05, 4.69) is 16.4 Å². The fraction of sp³-hybridized carbons (Fsp3) is 0.423. The second-order valence-electron chi connectivity index (χ2n) is 9.83. The summed E-state index contributed by atoms with van der Waals surface area (Å²) in [5, 5.41) is 7.82. The van der Waals surface area contributed by atoms with Gasteiger partial charge in [-0.15, -0.1) is 0 Å². The number of carbonyl (C=O) groups is 1. The number of urea groups is 1. The first-order valence-corrected chi connectivity index (χ1v) is 12.1. The summed E-state index contributed by atoms with van der Waals surface area (Å²) >= 11 is 0. The number of hydrogen-bond donors (Lipinski definition) is 2. The normalized spacial score (nSPS) is 19.9. The van der Waals surface area contributed by atoms with Crippen LogP contribution in [-0.2, 0) is 12.0 Å². The third kappa shape index (κ3) is 4.31. The number of fused-ring (bicyclic) bond motifs is 2. The summed E-state index contributed by atoms with van der Waals surface area (Å²) in [6.45, 7) is 7.94. The summed E-state index contributed by atoms with van der Waals surface area (Å²) in [7, 11) is 0. The Hall–Kier alpha value is -3.62. The molecule has 4 heterocycles. The van der Waals surface area contributed by atoms with Gasteiger partial charge in [0.05, 0.1) is 5.69 Å². The number of nitrogens with zero attached hydrogens (tertiary/aromatic N) is 4. The van der Waals surface area contributed by atoms with Crippen LogP contribution in [0.4, 0.5) is 15.0 Å². The number of aromatic nitrogens is 3. The summed E-state index contributed by atoms with van der Waals surface area (Å²) in [6.07, 6.45) is 3.03. The number of anilines is 1. The number of nitrogen functional groups attached to an aromatic ring is 1. The van der Waals surface area contributed by atoms with Crippen LogP contribution in [0, 0.1) is 5.82 Å². The molecule has 9 heteroatoms. The van der Waals surface area contributed by atoms with E-state index < -0.39 is 6.10 Å². The average molecular weight is 479 g/mol. The van der Waals surface area contributed by atoms with E-state index in [-0.39, 0.29) is 29.1 Å². The van der Waals surface area contributed by atoms with Crippen LogP contribution in [0.2, 0.25) is 0 Å². The minimum Gasteiger partial charge on any atom is -0.482 e. The summed E-state index contributed by atoms with van der Waals surface area (Å²) in [5.74, 6) is 0.299. The number of benzene rings is 1. The second-order valence-corrected chi connectivity index (χ2v) is 9.83. The number of pyridine rings is 1. The molecule has 1 aromatic carbocycles. The van der Waals surface area contributed by atoms with E-state index in [0.717, 1.165) is 42.9 Å². The van der Waals surface area contributed by atoms with Crippen molar-refractivity contribution in [2.24, 2.45) is 0 Å². The lowest BCUT2D eigenvalue weighted by atomic mass is 9.82. The Morgan fingerprint density at radius 2 is 1.97 bits per heavy atom. The average Bonchev–Trinajstić information content (AvgIpc) is 3.52. The molecule has 0 radical (unpaired) electrons. The minimum atomic E-state index is -0.535. The second kappa shape index (κ2) is 8.87. The predicted molar refractivity (Wildman–Crippen MR) is 131 cm³/mol. The van der Waals surface area contributed by atoms with E-state index in [1.54, 1.807) is 37.4 Å². The van der Waals surface area contributed by atoms with E-state index in [1.807, 2.05) is 23.4 Å². The van der Waals surface area contributed by atoms with E-state index in [9.17, 15) is 9.18 Å². The van der Waals surface area contributed by atoms with E-state index in [1.165, 1.54) is 6.07 Å². The smallest absolute Gasteiger partial charge is 0.317 e. The molecule has 0 bridgehead atoms. The van der Waals surface area contributed by atoms with E-state index in [4.69, 9.17) is 15.6 Å². The predicted octanol–water partition coefficient (Wildman–Crippen LogP) is 4.27. The topological polar surface area (TPSA) is 98.3 Å². The van der Waals surface area contributed by atoms with Crippen molar-refractivity contribution in [2.75, 3.05) is 18.8 Å². The van der Waals surface area contributed by atoms with Crippen LogP contribution in [0.25, 0.3) is 11.3 Å². The molecule has 2 aromatic heterocycles. The molecule has 2 aliphatic rings. The molecule has 1 saturated heterocycles. The fourth-order valence-electron chi connectivity index (χ4n) is 5.15. The number of rotatable bonds is 5. The molecule has 0 saturated carbocycles. The monoisotopic (exact) mass is 478 g/mol. The lowest BCUT2D eigenvalue weighted by Crippen LogP contribution is -2.43. The van der Waals surface area contributed by atoms with Crippen molar-refractivity contribution in [3.8, 4) is 17.0 Å². The minimum absolute atomic E-state index is 0.0106. The number of aryl methyl sites for hydroxylation is 1. The summed E-state index contributed by atoms with van der Waals surface area (Å²) in [4.78, 5) is 18.8. The van der Waals surface area contributed by atoms with Gasteiger partial charge in [0.15, 0.2) is 11.6 Å². The van der Waals surface area contributed by atoms with Crippen LogP contribution in [0.15, 0.2) is 42.6 Å². The summed E-state index contributed by atoms with van der Waals surface area (Å²) < 4.78 is 22.2. The van der Waals surface area contributed by atoms with Gasteiger partial charge in [-0.05, 0) is 51.8 Å². The van der Waals surface area contributed by atoms with Crippen LogP contribution < -0.4 is 15.8 Å². The molecule has 2 amide bonds. The molecule has 184 valence electrons. The highest BCUT2D eigenvalue weighted by molar-refractivity contribution is 5.75. The molecule has 1 spiro atoms. The van der Waals surface area contributed by atoms with Crippen LogP contribution in [0.1, 0.15) is 51.0 Å². The lowest BCUT2D eigenvalue weighted by molar-refractivity contribution is 0.203. The van der Waals surface area contributed by atoms with Crippen LogP contribution in [-0.4, -0.2) is 44.8 Å². The molecule has 5 rings (SSSR count). The van der Waals surface area contributed by atoms with Gasteiger partial charge in [0, 0.05) is 54.1 Å². The van der Waals surface area contributed by atoms with Crippen molar-refractivity contribution in [3.05, 3.63) is 59.7 Å². The van der Waals surface area contributed by atoms with Crippen LogP contribution >= 0.6 is 0 Å². The Labute approximate surface area is 204 Å². The SMILES string of the molecule is CC(C)NC(=O)N1CC[C@@]2(CCn3nc(-c4cnc(N)c(O[C@H](C)c5ccccc5F)c4)cc32)C1.